The van der Waals surface area contributed by atoms with Crippen molar-refractivity contribution in [3.63, 3.8) is 0 Å². The van der Waals surface area contributed by atoms with Crippen LogP contribution in [0.1, 0.15) is 0 Å². The Hall–Kier alpha value is -0.840. The molecular weight excluding hydrogens is 275 g/mol. The van der Waals surface area contributed by atoms with Gasteiger partial charge in [-0.15, -0.1) is 0 Å². The van der Waals surface area contributed by atoms with E-state index in [9.17, 15) is 0 Å². The van der Waals surface area contributed by atoms with Gasteiger partial charge in [-0.1, -0.05) is 24.3 Å². The molecule has 0 unspecified atom stereocenters. The maximum atomic E-state index is 5.75. The summed E-state index contributed by atoms with van der Waals surface area (Å²) in [5.74, 6) is 0.786. The summed E-state index contributed by atoms with van der Waals surface area (Å²) in [6.07, 6.45) is 2.03. The Bertz CT molecular complexity index is 386. The van der Waals surface area contributed by atoms with E-state index in [1.165, 1.54) is 10.8 Å². The molecule has 0 amide bonds. The lowest BCUT2D eigenvalue weighted by Crippen LogP contribution is -3.00. The molecule has 0 fully saturated rings. The second-order valence-corrected chi connectivity index (χ2v) is 2.94. The number of benzene rings is 1. The summed E-state index contributed by atoms with van der Waals surface area (Å²) >= 11 is 0. The number of aryl methyl sites for hydroxylation is 1. The van der Waals surface area contributed by atoms with Crippen LogP contribution < -0.4 is 34.3 Å². The summed E-state index contributed by atoms with van der Waals surface area (Å²) in [4.78, 5) is 0. The number of nitrogens with zero attached hydrogens (tertiary/aromatic N) is 1. The Labute approximate surface area is 94.4 Å². The van der Waals surface area contributed by atoms with Gasteiger partial charge < -0.3 is 24.0 Å². The van der Waals surface area contributed by atoms with Crippen molar-refractivity contribution in [3.05, 3.63) is 36.5 Å². The molecular formula is C10H11IN2. The number of halogens is 1. The van der Waals surface area contributed by atoms with Crippen LogP contribution >= 0.6 is 0 Å². The fourth-order valence-corrected chi connectivity index (χ4v) is 1.30. The predicted molar refractivity (Wildman–Crippen MR) is 49.5 cm³/mol. The monoisotopic (exact) mass is 286 g/mol. The van der Waals surface area contributed by atoms with Crippen molar-refractivity contribution < 1.29 is 28.5 Å². The molecule has 1 aromatic heterocycles. The van der Waals surface area contributed by atoms with Gasteiger partial charge in [0.05, 0.1) is 13.2 Å². The van der Waals surface area contributed by atoms with Crippen LogP contribution in [0.5, 0.6) is 0 Å². The molecule has 2 aromatic rings. The fourth-order valence-electron chi connectivity index (χ4n) is 1.30. The van der Waals surface area contributed by atoms with E-state index in [2.05, 4.69) is 12.1 Å². The summed E-state index contributed by atoms with van der Waals surface area (Å²) in [7, 11) is 1.95. The van der Waals surface area contributed by atoms with Crippen LogP contribution in [0.2, 0.25) is 0 Å². The molecule has 1 aromatic carbocycles. The van der Waals surface area contributed by atoms with Crippen molar-refractivity contribution in [2.45, 2.75) is 0 Å². The molecule has 68 valence electrons. The Morgan fingerprint density at radius 1 is 1.15 bits per heavy atom. The van der Waals surface area contributed by atoms with E-state index in [0.717, 1.165) is 5.82 Å². The van der Waals surface area contributed by atoms with Gasteiger partial charge in [0.15, 0.2) is 0 Å². The van der Waals surface area contributed by atoms with Crippen LogP contribution in [0.25, 0.3) is 10.8 Å². The molecule has 2 nitrogen and oxygen atoms in total. The molecule has 0 saturated carbocycles. The number of aromatic nitrogens is 1. The number of pyridine rings is 1. The lowest BCUT2D eigenvalue weighted by Gasteiger charge is -1.98. The molecule has 1 heterocycles. The lowest BCUT2D eigenvalue weighted by atomic mass is 10.2. The third kappa shape index (κ3) is 1.91. The van der Waals surface area contributed by atoms with Gasteiger partial charge in [0.25, 0.3) is 5.82 Å². The zero-order chi connectivity index (χ0) is 8.55. The first-order valence-corrected chi connectivity index (χ1v) is 3.91. The van der Waals surface area contributed by atoms with Crippen molar-refractivity contribution in [3.8, 4) is 0 Å². The Kier molecular flexibility index (Phi) is 3.08. The highest BCUT2D eigenvalue weighted by Gasteiger charge is 2.00. The van der Waals surface area contributed by atoms with Crippen LogP contribution in [0, 0.1) is 0 Å². The largest absolute Gasteiger partial charge is 1.00 e. The third-order valence-corrected chi connectivity index (χ3v) is 2.04. The molecule has 2 N–H and O–H groups in total. The van der Waals surface area contributed by atoms with Crippen LogP contribution in [-0.4, -0.2) is 0 Å². The first-order valence-electron chi connectivity index (χ1n) is 3.91. The number of nitrogens with two attached hydrogens (primary N) is 1. The summed E-state index contributed by atoms with van der Waals surface area (Å²) in [6, 6.07) is 10.2. The molecule has 3 heteroatoms. The third-order valence-electron chi connectivity index (χ3n) is 2.04. The minimum atomic E-state index is 0. The van der Waals surface area contributed by atoms with Gasteiger partial charge in [-0.25, -0.2) is 4.57 Å². The standard InChI is InChI=1S/C10H10N2.HI/c1-12-7-9-5-3-2-4-8(9)6-10(12)11;/h2-7,11H,1H3;1H. The number of hydrogen-bond acceptors (Lipinski definition) is 1. The van der Waals surface area contributed by atoms with Crippen LogP contribution in [0.4, 0.5) is 5.82 Å². The zero-order valence-electron chi connectivity index (χ0n) is 7.37. The number of nitrogen functional groups attached to an aromatic ring is 1. The number of fused-ring (bicyclic) bond motifs is 1. The van der Waals surface area contributed by atoms with E-state index in [0.29, 0.717) is 0 Å². The van der Waals surface area contributed by atoms with Gasteiger partial charge in [0, 0.05) is 11.5 Å². The summed E-state index contributed by atoms with van der Waals surface area (Å²) in [5.41, 5.74) is 5.75. The first kappa shape index (κ1) is 10.2. The molecule has 0 radical (unpaired) electrons. The second-order valence-electron chi connectivity index (χ2n) is 2.94. The molecule has 0 aliphatic carbocycles. The van der Waals surface area contributed by atoms with E-state index in [-0.39, 0.29) is 24.0 Å². The van der Waals surface area contributed by atoms with Crippen molar-refractivity contribution in [1.82, 2.24) is 0 Å². The average Bonchev–Trinajstić information content (AvgIpc) is 2.07. The van der Waals surface area contributed by atoms with Crippen molar-refractivity contribution in [2.75, 3.05) is 5.73 Å². The van der Waals surface area contributed by atoms with E-state index in [1.807, 2.05) is 36.0 Å². The highest BCUT2D eigenvalue weighted by Crippen LogP contribution is 2.12. The maximum absolute atomic E-state index is 5.75. The van der Waals surface area contributed by atoms with Crippen LogP contribution in [-0.2, 0) is 7.05 Å². The Balaban J connectivity index is 0.000000845. The molecule has 0 saturated heterocycles. The number of anilines is 1. The van der Waals surface area contributed by atoms with Gasteiger partial charge in [-0.2, -0.15) is 0 Å². The normalized spacial score (nSPS) is 9.62. The zero-order valence-corrected chi connectivity index (χ0v) is 9.52. The van der Waals surface area contributed by atoms with Crippen molar-refractivity contribution >= 4 is 16.6 Å². The number of hydrogen-bond donors (Lipinski definition) is 1. The van der Waals surface area contributed by atoms with E-state index >= 15 is 0 Å². The minimum Gasteiger partial charge on any atom is -1.00 e. The number of rotatable bonds is 0. The highest BCUT2D eigenvalue weighted by molar-refractivity contribution is 5.82. The highest BCUT2D eigenvalue weighted by atomic mass is 127. The van der Waals surface area contributed by atoms with Crippen molar-refractivity contribution in [1.29, 1.82) is 0 Å². The molecule has 0 bridgehead atoms. The molecule has 13 heavy (non-hydrogen) atoms. The van der Waals surface area contributed by atoms with Gasteiger partial charge in [-0.3, -0.25) is 5.73 Å². The topological polar surface area (TPSA) is 29.9 Å². The molecule has 0 aliphatic heterocycles. The second kappa shape index (κ2) is 3.91. The van der Waals surface area contributed by atoms with Gasteiger partial charge in [0.2, 0.25) is 0 Å². The summed E-state index contributed by atoms with van der Waals surface area (Å²) < 4.78 is 1.92. The van der Waals surface area contributed by atoms with E-state index < -0.39 is 0 Å². The summed E-state index contributed by atoms with van der Waals surface area (Å²) in [5, 5.41) is 2.40. The van der Waals surface area contributed by atoms with Crippen LogP contribution in [0.3, 0.4) is 0 Å². The molecule has 0 aliphatic rings. The SMILES string of the molecule is C[n+]1cc2ccccc2cc1N.[I-]. The molecule has 0 atom stereocenters. The molecule has 0 spiro atoms. The average molecular weight is 286 g/mol. The Morgan fingerprint density at radius 2 is 1.77 bits per heavy atom. The maximum Gasteiger partial charge on any atom is 0.272 e. The minimum absolute atomic E-state index is 0. The van der Waals surface area contributed by atoms with Gasteiger partial charge in [-0.05, 0) is 5.39 Å². The predicted octanol–water partition coefficient (Wildman–Crippen LogP) is -1.75. The van der Waals surface area contributed by atoms with E-state index in [1.54, 1.807) is 0 Å². The summed E-state index contributed by atoms with van der Waals surface area (Å²) in [6.45, 7) is 0. The molecule has 2 rings (SSSR count). The quantitative estimate of drug-likeness (QED) is 0.452. The Morgan fingerprint density at radius 3 is 2.46 bits per heavy atom. The van der Waals surface area contributed by atoms with Gasteiger partial charge in [0.1, 0.15) is 0 Å². The van der Waals surface area contributed by atoms with Gasteiger partial charge >= 0.3 is 0 Å². The van der Waals surface area contributed by atoms with E-state index in [4.69, 9.17) is 5.73 Å². The fraction of sp³-hybridized carbons (Fsp3) is 0.100. The van der Waals surface area contributed by atoms with Crippen molar-refractivity contribution in [2.24, 2.45) is 7.05 Å². The van der Waals surface area contributed by atoms with Crippen LogP contribution in [0.15, 0.2) is 36.5 Å². The lowest BCUT2D eigenvalue weighted by molar-refractivity contribution is -0.655. The first-order chi connectivity index (χ1) is 5.77. The smallest absolute Gasteiger partial charge is 0.272 e.